The van der Waals surface area contributed by atoms with Crippen LogP contribution in [0.2, 0.25) is 5.02 Å². The highest BCUT2D eigenvalue weighted by Crippen LogP contribution is 2.33. The maximum Gasteiger partial charge on any atom is 0.127 e. The first-order valence-corrected chi connectivity index (χ1v) is 7.33. The van der Waals surface area contributed by atoms with Crippen molar-refractivity contribution in [2.45, 2.75) is 38.3 Å². The van der Waals surface area contributed by atoms with Gasteiger partial charge in [0.1, 0.15) is 5.75 Å². The summed E-state index contributed by atoms with van der Waals surface area (Å²) in [5, 5.41) is 4.27. The number of hydrogen-bond donors (Lipinski definition) is 1. The SMILES string of the molecule is CC1(CNCc2cc(Cl)cc3c2OCC3)CCCO1. The Hall–Kier alpha value is -0.770. The Bertz CT molecular complexity index is 469. The van der Waals surface area contributed by atoms with Crippen LogP contribution in [0.15, 0.2) is 12.1 Å². The molecule has 2 heterocycles. The molecule has 2 aliphatic rings. The normalized spacial score (nSPS) is 25.4. The van der Waals surface area contributed by atoms with E-state index >= 15 is 0 Å². The number of hydrogen-bond acceptors (Lipinski definition) is 3. The van der Waals surface area contributed by atoms with Crippen LogP contribution in [0.5, 0.6) is 5.75 Å². The highest BCUT2D eigenvalue weighted by atomic mass is 35.5. The van der Waals surface area contributed by atoms with E-state index in [0.717, 1.165) is 61.9 Å². The van der Waals surface area contributed by atoms with Crippen LogP contribution in [0.3, 0.4) is 0 Å². The van der Waals surface area contributed by atoms with Gasteiger partial charge in [-0.05, 0) is 37.5 Å². The average Bonchev–Trinajstić information content (AvgIpc) is 2.98. The summed E-state index contributed by atoms with van der Waals surface area (Å²) in [4.78, 5) is 0. The van der Waals surface area contributed by atoms with Gasteiger partial charge in [-0.3, -0.25) is 0 Å². The predicted molar refractivity (Wildman–Crippen MR) is 75.9 cm³/mol. The summed E-state index contributed by atoms with van der Waals surface area (Å²) >= 11 is 6.15. The minimum Gasteiger partial charge on any atom is -0.493 e. The van der Waals surface area contributed by atoms with Crippen molar-refractivity contribution in [3.63, 3.8) is 0 Å². The molecule has 0 spiro atoms. The van der Waals surface area contributed by atoms with Gasteiger partial charge in [0, 0.05) is 36.7 Å². The number of rotatable bonds is 4. The van der Waals surface area contributed by atoms with Gasteiger partial charge in [0.25, 0.3) is 0 Å². The van der Waals surface area contributed by atoms with E-state index in [1.807, 2.05) is 12.1 Å². The van der Waals surface area contributed by atoms with Crippen molar-refractivity contribution in [2.24, 2.45) is 0 Å². The van der Waals surface area contributed by atoms with Crippen LogP contribution in [-0.4, -0.2) is 25.4 Å². The Morgan fingerprint density at radius 1 is 1.37 bits per heavy atom. The summed E-state index contributed by atoms with van der Waals surface area (Å²) in [6.07, 6.45) is 3.25. The van der Waals surface area contributed by atoms with Gasteiger partial charge < -0.3 is 14.8 Å². The summed E-state index contributed by atoms with van der Waals surface area (Å²) in [5.74, 6) is 1.02. The van der Waals surface area contributed by atoms with Crippen molar-refractivity contribution in [3.8, 4) is 5.75 Å². The third-order valence-electron chi connectivity index (χ3n) is 3.94. The van der Waals surface area contributed by atoms with Crippen LogP contribution < -0.4 is 10.1 Å². The second-order valence-electron chi connectivity index (χ2n) is 5.66. The van der Waals surface area contributed by atoms with Crippen molar-refractivity contribution in [3.05, 3.63) is 28.3 Å². The molecule has 3 rings (SSSR count). The maximum absolute atomic E-state index is 6.15. The van der Waals surface area contributed by atoms with E-state index < -0.39 is 0 Å². The van der Waals surface area contributed by atoms with E-state index in [2.05, 4.69) is 12.2 Å². The van der Waals surface area contributed by atoms with Gasteiger partial charge in [0.05, 0.1) is 12.2 Å². The molecule has 1 atom stereocenters. The molecule has 0 radical (unpaired) electrons. The summed E-state index contributed by atoms with van der Waals surface area (Å²) in [6, 6.07) is 4.01. The topological polar surface area (TPSA) is 30.5 Å². The molecule has 1 aromatic carbocycles. The lowest BCUT2D eigenvalue weighted by Crippen LogP contribution is -2.36. The molecule has 0 saturated carbocycles. The summed E-state index contributed by atoms with van der Waals surface area (Å²) in [6.45, 7) is 5.47. The Morgan fingerprint density at radius 2 is 2.26 bits per heavy atom. The number of nitrogens with one attached hydrogen (secondary N) is 1. The molecule has 1 aromatic rings. The van der Waals surface area contributed by atoms with E-state index in [-0.39, 0.29) is 5.60 Å². The third-order valence-corrected chi connectivity index (χ3v) is 4.16. The molecule has 0 amide bonds. The smallest absolute Gasteiger partial charge is 0.127 e. The Balaban J connectivity index is 1.64. The van der Waals surface area contributed by atoms with Gasteiger partial charge in [-0.25, -0.2) is 0 Å². The summed E-state index contributed by atoms with van der Waals surface area (Å²) in [7, 11) is 0. The molecule has 1 saturated heterocycles. The van der Waals surface area contributed by atoms with Gasteiger partial charge in [0.2, 0.25) is 0 Å². The fourth-order valence-electron chi connectivity index (χ4n) is 2.92. The summed E-state index contributed by atoms with van der Waals surface area (Å²) < 4.78 is 11.5. The molecular weight excluding hydrogens is 262 g/mol. The van der Waals surface area contributed by atoms with E-state index in [0.29, 0.717) is 0 Å². The Labute approximate surface area is 119 Å². The molecule has 0 aromatic heterocycles. The number of halogens is 1. The largest absolute Gasteiger partial charge is 0.493 e. The van der Waals surface area contributed by atoms with Crippen molar-refractivity contribution in [1.29, 1.82) is 0 Å². The quantitative estimate of drug-likeness (QED) is 0.920. The predicted octanol–water partition coefficient (Wildman–Crippen LogP) is 2.93. The second-order valence-corrected chi connectivity index (χ2v) is 6.09. The van der Waals surface area contributed by atoms with Crippen molar-refractivity contribution in [1.82, 2.24) is 5.32 Å². The van der Waals surface area contributed by atoms with Crippen LogP contribution in [0.1, 0.15) is 30.9 Å². The molecule has 0 bridgehead atoms. The minimum absolute atomic E-state index is 0.0113. The van der Waals surface area contributed by atoms with Gasteiger partial charge in [0.15, 0.2) is 0 Å². The van der Waals surface area contributed by atoms with Crippen LogP contribution >= 0.6 is 11.6 Å². The number of ether oxygens (including phenoxy) is 2. The minimum atomic E-state index is -0.0113. The van der Waals surface area contributed by atoms with E-state index in [9.17, 15) is 0 Å². The lowest BCUT2D eigenvalue weighted by atomic mass is 10.0. The van der Waals surface area contributed by atoms with Crippen LogP contribution in [0.4, 0.5) is 0 Å². The van der Waals surface area contributed by atoms with Crippen molar-refractivity contribution >= 4 is 11.6 Å². The van der Waals surface area contributed by atoms with Gasteiger partial charge in [-0.2, -0.15) is 0 Å². The number of fused-ring (bicyclic) bond motifs is 1. The van der Waals surface area contributed by atoms with Crippen LogP contribution in [0.25, 0.3) is 0 Å². The molecule has 1 N–H and O–H groups in total. The second kappa shape index (κ2) is 5.31. The Kier molecular flexibility index (Phi) is 3.70. The first-order chi connectivity index (χ1) is 9.16. The average molecular weight is 282 g/mol. The highest BCUT2D eigenvalue weighted by Gasteiger charge is 2.29. The van der Waals surface area contributed by atoms with Gasteiger partial charge >= 0.3 is 0 Å². The zero-order valence-corrected chi connectivity index (χ0v) is 12.1. The van der Waals surface area contributed by atoms with Crippen LogP contribution in [-0.2, 0) is 17.7 Å². The fraction of sp³-hybridized carbons (Fsp3) is 0.600. The van der Waals surface area contributed by atoms with E-state index in [1.165, 1.54) is 5.56 Å². The van der Waals surface area contributed by atoms with Crippen molar-refractivity contribution < 1.29 is 9.47 Å². The third kappa shape index (κ3) is 2.88. The molecule has 1 unspecified atom stereocenters. The molecule has 104 valence electrons. The van der Waals surface area contributed by atoms with Crippen LogP contribution in [0, 0.1) is 0 Å². The molecule has 4 heteroatoms. The highest BCUT2D eigenvalue weighted by molar-refractivity contribution is 6.30. The first kappa shape index (κ1) is 13.2. The fourth-order valence-corrected chi connectivity index (χ4v) is 3.18. The lowest BCUT2D eigenvalue weighted by molar-refractivity contribution is 0.0206. The van der Waals surface area contributed by atoms with E-state index in [4.69, 9.17) is 21.1 Å². The molecule has 1 fully saturated rings. The van der Waals surface area contributed by atoms with E-state index in [1.54, 1.807) is 0 Å². The molecular formula is C15H20ClNO2. The molecule has 0 aliphatic carbocycles. The standard InChI is InChI=1S/C15H20ClNO2/c1-15(4-2-5-19-15)10-17-9-12-8-13(16)7-11-3-6-18-14(11)12/h7-8,17H,2-6,9-10H2,1H3. The maximum atomic E-state index is 6.15. The molecule has 2 aliphatic heterocycles. The first-order valence-electron chi connectivity index (χ1n) is 6.95. The van der Waals surface area contributed by atoms with Gasteiger partial charge in [-0.15, -0.1) is 0 Å². The van der Waals surface area contributed by atoms with Gasteiger partial charge in [-0.1, -0.05) is 11.6 Å². The zero-order chi connectivity index (χ0) is 13.3. The molecule has 19 heavy (non-hydrogen) atoms. The number of benzene rings is 1. The zero-order valence-electron chi connectivity index (χ0n) is 11.3. The monoisotopic (exact) mass is 281 g/mol. The molecule has 3 nitrogen and oxygen atoms in total. The lowest BCUT2D eigenvalue weighted by Gasteiger charge is -2.23. The summed E-state index contributed by atoms with van der Waals surface area (Å²) in [5.41, 5.74) is 2.37. The Morgan fingerprint density at radius 3 is 3.05 bits per heavy atom. The van der Waals surface area contributed by atoms with Crippen molar-refractivity contribution in [2.75, 3.05) is 19.8 Å².